The van der Waals surface area contributed by atoms with Crippen molar-refractivity contribution in [3.63, 3.8) is 0 Å². The highest BCUT2D eigenvalue weighted by Crippen LogP contribution is 2.18. The van der Waals surface area contributed by atoms with Crippen molar-refractivity contribution in [2.24, 2.45) is 0 Å². The van der Waals surface area contributed by atoms with Crippen LogP contribution in [0.3, 0.4) is 0 Å². The fourth-order valence-corrected chi connectivity index (χ4v) is 4.07. The Bertz CT molecular complexity index is 317. The van der Waals surface area contributed by atoms with Crippen molar-refractivity contribution in [1.82, 2.24) is 10.2 Å². The van der Waals surface area contributed by atoms with Gasteiger partial charge >= 0.3 is 0 Å². The molecule has 5 nitrogen and oxygen atoms in total. The summed E-state index contributed by atoms with van der Waals surface area (Å²) in [4.78, 5) is 2.11. The third-order valence-corrected chi connectivity index (χ3v) is 4.88. The minimum absolute atomic E-state index is 0.115. The number of rotatable bonds is 1. The SMILES string of the molecule is O=S1(=O)CCC(N2CCNCC(O)C2)C1. The van der Waals surface area contributed by atoms with Crippen molar-refractivity contribution < 1.29 is 13.5 Å². The zero-order valence-corrected chi connectivity index (χ0v) is 9.54. The molecule has 2 aliphatic rings. The fourth-order valence-electron chi connectivity index (χ4n) is 2.31. The van der Waals surface area contributed by atoms with Crippen LogP contribution in [-0.4, -0.2) is 68.3 Å². The third kappa shape index (κ3) is 2.90. The average molecular weight is 234 g/mol. The normalized spacial score (nSPS) is 37.7. The molecular formula is C9H18N2O3S. The van der Waals surface area contributed by atoms with Gasteiger partial charge in [0, 0.05) is 32.2 Å². The number of aliphatic hydroxyl groups is 1. The molecule has 0 amide bonds. The Morgan fingerprint density at radius 3 is 2.87 bits per heavy atom. The Labute approximate surface area is 90.4 Å². The molecule has 0 aromatic heterocycles. The molecule has 0 aromatic rings. The number of nitrogens with one attached hydrogen (secondary N) is 1. The molecule has 0 aromatic carbocycles. The molecule has 0 saturated carbocycles. The molecule has 2 aliphatic heterocycles. The molecule has 6 heteroatoms. The van der Waals surface area contributed by atoms with Crippen LogP contribution in [0.25, 0.3) is 0 Å². The Balaban J connectivity index is 1.98. The minimum Gasteiger partial charge on any atom is -0.390 e. The lowest BCUT2D eigenvalue weighted by Gasteiger charge is -2.27. The lowest BCUT2D eigenvalue weighted by Crippen LogP contribution is -2.41. The number of aliphatic hydroxyl groups excluding tert-OH is 1. The summed E-state index contributed by atoms with van der Waals surface area (Å²) in [5.41, 5.74) is 0. The van der Waals surface area contributed by atoms with E-state index in [9.17, 15) is 13.5 Å². The van der Waals surface area contributed by atoms with Crippen molar-refractivity contribution in [3.05, 3.63) is 0 Å². The van der Waals surface area contributed by atoms with E-state index in [0.29, 0.717) is 18.8 Å². The van der Waals surface area contributed by atoms with Gasteiger partial charge in [-0.25, -0.2) is 8.42 Å². The van der Waals surface area contributed by atoms with Gasteiger partial charge in [0.05, 0.1) is 17.6 Å². The van der Waals surface area contributed by atoms with Crippen molar-refractivity contribution in [2.45, 2.75) is 18.6 Å². The van der Waals surface area contributed by atoms with E-state index in [1.807, 2.05) is 0 Å². The lowest BCUT2D eigenvalue weighted by atomic mass is 10.2. The molecule has 2 rings (SSSR count). The van der Waals surface area contributed by atoms with Crippen molar-refractivity contribution in [3.8, 4) is 0 Å². The summed E-state index contributed by atoms with van der Waals surface area (Å²) >= 11 is 0. The third-order valence-electron chi connectivity index (χ3n) is 3.13. The Morgan fingerprint density at radius 2 is 2.20 bits per heavy atom. The summed E-state index contributed by atoms with van der Waals surface area (Å²) < 4.78 is 22.7. The Morgan fingerprint density at radius 1 is 1.40 bits per heavy atom. The van der Waals surface area contributed by atoms with Gasteiger partial charge in [-0.2, -0.15) is 0 Å². The molecule has 15 heavy (non-hydrogen) atoms. The molecule has 88 valence electrons. The summed E-state index contributed by atoms with van der Waals surface area (Å²) in [6, 6.07) is 0.115. The van der Waals surface area contributed by atoms with E-state index in [1.165, 1.54) is 0 Å². The first-order valence-corrected chi connectivity index (χ1v) is 7.22. The highest BCUT2D eigenvalue weighted by Gasteiger charge is 2.33. The van der Waals surface area contributed by atoms with E-state index in [2.05, 4.69) is 10.2 Å². The number of hydrogen-bond acceptors (Lipinski definition) is 5. The van der Waals surface area contributed by atoms with Crippen molar-refractivity contribution in [2.75, 3.05) is 37.7 Å². The van der Waals surface area contributed by atoms with Gasteiger partial charge < -0.3 is 10.4 Å². The monoisotopic (exact) mass is 234 g/mol. The topological polar surface area (TPSA) is 69.6 Å². The van der Waals surface area contributed by atoms with Crippen LogP contribution in [0.5, 0.6) is 0 Å². The lowest BCUT2D eigenvalue weighted by molar-refractivity contribution is 0.112. The molecule has 0 aliphatic carbocycles. The summed E-state index contributed by atoms with van der Waals surface area (Å²) in [6.45, 7) is 2.86. The first kappa shape index (κ1) is 11.3. The van der Waals surface area contributed by atoms with Gasteiger partial charge in [-0.3, -0.25) is 4.90 Å². The summed E-state index contributed by atoms with van der Waals surface area (Å²) in [5, 5.41) is 12.7. The standard InChI is InChI=1S/C9H18N2O3S/c12-9-5-10-2-3-11(6-9)8-1-4-15(13,14)7-8/h8-10,12H,1-7H2. The maximum absolute atomic E-state index is 11.3. The maximum atomic E-state index is 11.3. The maximum Gasteiger partial charge on any atom is 0.151 e. The largest absolute Gasteiger partial charge is 0.390 e. The molecule has 0 bridgehead atoms. The van der Waals surface area contributed by atoms with Crippen molar-refractivity contribution >= 4 is 9.84 Å². The summed E-state index contributed by atoms with van der Waals surface area (Å²) in [5.74, 6) is 0.567. The Hall–Kier alpha value is -0.170. The average Bonchev–Trinajstić information content (AvgIpc) is 2.39. The first-order valence-electron chi connectivity index (χ1n) is 5.40. The second kappa shape index (κ2) is 4.37. The zero-order valence-electron chi connectivity index (χ0n) is 8.72. The van der Waals surface area contributed by atoms with Crippen LogP contribution in [0, 0.1) is 0 Å². The van der Waals surface area contributed by atoms with Gasteiger partial charge in [-0.1, -0.05) is 0 Å². The molecule has 2 saturated heterocycles. The second-order valence-corrected chi connectivity index (χ2v) is 6.64. The minimum atomic E-state index is -2.82. The van der Waals surface area contributed by atoms with Crippen LogP contribution >= 0.6 is 0 Å². The molecule has 2 N–H and O–H groups in total. The number of sulfone groups is 1. The van der Waals surface area contributed by atoms with E-state index >= 15 is 0 Å². The van der Waals surface area contributed by atoms with Gasteiger partial charge in [0.25, 0.3) is 0 Å². The highest BCUT2D eigenvalue weighted by atomic mass is 32.2. The Kier molecular flexibility index (Phi) is 3.30. The molecule has 2 atom stereocenters. The van der Waals surface area contributed by atoms with Gasteiger partial charge in [0.2, 0.25) is 0 Å². The van der Waals surface area contributed by atoms with Crippen LogP contribution in [0.2, 0.25) is 0 Å². The molecule has 2 unspecified atom stereocenters. The van der Waals surface area contributed by atoms with Gasteiger partial charge in [-0.05, 0) is 6.42 Å². The van der Waals surface area contributed by atoms with E-state index in [4.69, 9.17) is 0 Å². The number of hydrogen-bond donors (Lipinski definition) is 2. The van der Waals surface area contributed by atoms with E-state index in [-0.39, 0.29) is 17.9 Å². The first-order chi connectivity index (χ1) is 7.07. The number of β-amino-alcohol motifs (C(OH)–C–C–N with tert-alkyl or cyclic N) is 1. The quantitative estimate of drug-likeness (QED) is 0.574. The summed E-state index contributed by atoms with van der Waals surface area (Å²) in [6.07, 6.45) is 0.338. The van der Waals surface area contributed by atoms with Gasteiger partial charge in [0.1, 0.15) is 0 Å². The fraction of sp³-hybridized carbons (Fsp3) is 1.00. The smallest absolute Gasteiger partial charge is 0.151 e. The molecular weight excluding hydrogens is 216 g/mol. The molecule has 2 fully saturated rings. The predicted octanol–water partition coefficient (Wildman–Crippen LogP) is -1.56. The molecule has 2 heterocycles. The zero-order chi connectivity index (χ0) is 10.9. The van der Waals surface area contributed by atoms with Crippen LogP contribution in [0.1, 0.15) is 6.42 Å². The van der Waals surface area contributed by atoms with E-state index < -0.39 is 9.84 Å². The summed E-state index contributed by atoms with van der Waals surface area (Å²) in [7, 11) is -2.82. The van der Waals surface area contributed by atoms with Crippen LogP contribution in [0.15, 0.2) is 0 Å². The molecule has 0 spiro atoms. The van der Waals surface area contributed by atoms with Gasteiger partial charge in [0.15, 0.2) is 9.84 Å². The van der Waals surface area contributed by atoms with Crippen LogP contribution in [0.4, 0.5) is 0 Å². The second-order valence-electron chi connectivity index (χ2n) is 4.41. The van der Waals surface area contributed by atoms with E-state index in [0.717, 1.165) is 19.5 Å². The van der Waals surface area contributed by atoms with Crippen LogP contribution in [-0.2, 0) is 9.84 Å². The van der Waals surface area contributed by atoms with Gasteiger partial charge in [-0.15, -0.1) is 0 Å². The predicted molar refractivity (Wildman–Crippen MR) is 57.5 cm³/mol. The van der Waals surface area contributed by atoms with Crippen molar-refractivity contribution in [1.29, 1.82) is 0 Å². The van der Waals surface area contributed by atoms with Crippen LogP contribution < -0.4 is 5.32 Å². The molecule has 0 radical (unpaired) electrons. The van der Waals surface area contributed by atoms with E-state index in [1.54, 1.807) is 0 Å². The highest BCUT2D eigenvalue weighted by molar-refractivity contribution is 7.91. The number of nitrogens with zero attached hydrogens (tertiary/aromatic N) is 1.